The van der Waals surface area contributed by atoms with E-state index in [1.165, 1.54) is 0 Å². The molecule has 2 N–H and O–H groups in total. The van der Waals surface area contributed by atoms with Gasteiger partial charge >= 0.3 is 0 Å². The molecule has 3 rings (SSSR count). The first-order chi connectivity index (χ1) is 9.08. The first-order valence-electron chi connectivity index (χ1n) is 6.13. The lowest BCUT2D eigenvalue weighted by Gasteiger charge is -2.09. The van der Waals surface area contributed by atoms with Crippen LogP contribution >= 0.6 is 0 Å². The van der Waals surface area contributed by atoms with E-state index < -0.39 is 0 Å². The van der Waals surface area contributed by atoms with Crippen molar-refractivity contribution in [3.8, 4) is 11.4 Å². The van der Waals surface area contributed by atoms with Crippen LogP contribution in [0.2, 0.25) is 0 Å². The van der Waals surface area contributed by atoms with E-state index in [1.54, 1.807) is 0 Å². The molecule has 0 radical (unpaired) electrons. The maximum atomic E-state index is 6.08. The average Bonchev–Trinajstić information content (AvgIpc) is 2.72. The maximum Gasteiger partial charge on any atom is 0.255 e. The smallest absolute Gasteiger partial charge is 0.255 e. The zero-order valence-corrected chi connectivity index (χ0v) is 11.2. The maximum absolute atomic E-state index is 6.08. The number of hydrogen-bond donors (Lipinski definition) is 1. The number of nitrogen functional groups attached to an aromatic ring is 1. The van der Waals surface area contributed by atoms with E-state index in [1.807, 2.05) is 49.4 Å². The van der Waals surface area contributed by atoms with Crippen molar-refractivity contribution in [2.24, 2.45) is 0 Å². The van der Waals surface area contributed by atoms with Crippen LogP contribution in [0.4, 0.5) is 5.69 Å². The van der Waals surface area contributed by atoms with Crippen molar-refractivity contribution in [3.05, 3.63) is 41.2 Å². The summed E-state index contributed by atoms with van der Waals surface area (Å²) in [7, 11) is 0. The lowest BCUT2D eigenvalue weighted by Crippen LogP contribution is -2.01. The van der Waals surface area contributed by atoms with Crippen LogP contribution in [0.15, 0.2) is 24.3 Å². The third-order valence-corrected chi connectivity index (χ3v) is 3.22. The van der Waals surface area contributed by atoms with Gasteiger partial charge in [-0.2, -0.15) is 0 Å². The van der Waals surface area contributed by atoms with Crippen molar-refractivity contribution in [3.63, 3.8) is 0 Å². The second kappa shape index (κ2) is 4.05. The fourth-order valence-corrected chi connectivity index (χ4v) is 2.39. The zero-order chi connectivity index (χ0) is 13.6. The summed E-state index contributed by atoms with van der Waals surface area (Å²) in [6.45, 7) is 5.98. The number of nitrogens with two attached hydrogens (primary N) is 1. The van der Waals surface area contributed by atoms with E-state index in [-0.39, 0.29) is 0 Å². The molecule has 5 nitrogen and oxygen atoms in total. The lowest BCUT2D eigenvalue weighted by molar-refractivity contribution is 1.02. The Kier molecular flexibility index (Phi) is 2.48. The molecule has 0 amide bonds. The molecule has 1 aromatic carbocycles. The Balaban J connectivity index is 2.38. The number of nitrogens with zero attached hydrogens (tertiary/aromatic N) is 4. The quantitative estimate of drug-likeness (QED) is 0.676. The van der Waals surface area contributed by atoms with Crippen molar-refractivity contribution < 1.29 is 0 Å². The van der Waals surface area contributed by atoms with Crippen LogP contribution in [0.3, 0.4) is 0 Å². The second-order valence-electron chi connectivity index (χ2n) is 4.74. The number of hydrogen-bond acceptors (Lipinski definition) is 4. The molecule has 0 aliphatic carbocycles. The standard InChI is InChI=1S/C14H15N5/c1-8-5-4-6-11(15)12(8)13-17-18-14-16-9(2)7-10(3)19(13)14/h4-7H,15H2,1-3H3. The highest BCUT2D eigenvalue weighted by Gasteiger charge is 2.15. The van der Waals surface area contributed by atoms with Gasteiger partial charge in [0.15, 0.2) is 5.82 Å². The highest BCUT2D eigenvalue weighted by Crippen LogP contribution is 2.28. The SMILES string of the molecule is Cc1cc(C)n2c(-c3c(C)cccc3N)nnc2n1. The van der Waals surface area contributed by atoms with Crippen molar-refractivity contribution in [1.82, 2.24) is 19.6 Å². The van der Waals surface area contributed by atoms with Gasteiger partial charge in [0.05, 0.1) is 0 Å². The number of fused-ring (bicyclic) bond motifs is 1. The third kappa shape index (κ3) is 1.74. The fourth-order valence-electron chi connectivity index (χ4n) is 2.39. The summed E-state index contributed by atoms with van der Waals surface area (Å²) < 4.78 is 1.94. The molecule has 0 aliphatic rings. The molecule has 0 unspecified atom stereocenters. The Morgan fingerprint density at radius 3 is 2.63 bits per heavy atom. The molecule has 0 saturated carbocycles. The minimum atomic E-state index is 0.607. The predicted octanol–water partition coefficient (Wildman–Crippen LogP) is 2.30. The molecule has 0 fully saturated rings. The van der Waals surface area contributed by atoms with E-state index in [4.69, 9.17) is 5.73 Å². The Morgan fingerprint density at radius 1 is 1.11 bits per heavy atom. The molecule has 0 aliphatic heterocycles. The minimum absolute atomic E-state index is 0.607. The molecule has 0 bridgehead atoms. The first-order valence-corrected chi connectivity index (χ1v) is 6.13. The van der Waals surface area contributed by atoms with Crippen LogP contribution in [-0.4, -0.2) is 19.6 Å². The molecular formula is C14H15N5. The van der Waals surface area contributed by atoms with Gasteiger partial charge in [0.25, 0.3) is 5.78 Å². The van der Waals surface area contributed by atoms with Crippen molar-refractivity contribution in [2.45, 2.75) is 20.8 Å². The molecule has 0 atom stereocenters. The number of rotatable bonds is 1. The highest BCUT2D eigenvalue weighted by molar-refractivity contribution is 5.76. The van der Waals surface area contributed by atoms with Crippen LogP contribution in [0.5, 0.6) is 0 Å². The molecular weight excluding hydrogens is 238 g/mol. The molecule has 96 valence electrons. The summed E-state index contributed by atoms with van der Waals surface area (Å²) in [5.41, 5.74) is 10.8. The molecule has 3 aromatic rings. The Labute approximate surface area is 111 Å². The molecule has 2 aromatic heterocycles. The summed E-state index contributed by atoms with van der Waals surface area (Å²) in [5, 5.41) is 8.40. The highest BCUT2D eigenvalue weighted by atomic mass is 15.3. The summed E-state index contributed by atoms with van der Waals surface area (Å²) in [6, 6.07) is 7.84. The number of aromatic nitrogens is 4. The van der Waals surface area contributed by atoms with Crippen LogP contribution in [0.1, 0.15) is 17.0 Å². The second-order valence-corrected chi connectivity index (χ2v) is 4.74. The third-order valence-electron chi connectivity index (χ3n) is 3.22. The van der Waals surface area contributed by atoms with Gasteiger partial charge in [0, 0.05) is 22.6 Å². The lowest BCUT2D eigenvalue weighted by atomic mass is 10.1. The van der Waals surface area contributed by atoms with Gasteiger partial charge in [0.2, 0.25) is 0 Å². The normalized spacial score (nSPS) is 11.1. The minimum Gasteiger partial charge on any atom is -0.398 e. The summed E-state index contributed by atoms with van der Waals surface area (Å²) in [6.07, 6.45) is 0. The molecule has 0 spiro atoms. The van der Waals surface area contributed by atoms with Crippen molar-refractivity contribution in [2.75, 3.05) is 5.73 Å². The van der Waals surface area contributed by atoms with Gasteiger partial charge in [0.1, 0.15) is 0 Å². The van der Waals surface area contributed by atoms with Crippen molar-refractivity contribution >= 4 is 11.5 Å². The van der Waals surface area contributed by atoms with E-state index >= 15 is 0 Å². The topological polar surface area (TPSA) is 69.1 Å². The summed E-state index contributed by atoms with van der Waals surface area (Å²) in [4.78, 5) is 4.39. The predicted molar refractivity (Wildman–Crippen MR) is 74.8 cm³/mol. The monoisotopic (exact) mass is 253 g/mol. The largest absolute Gasteiger partial charge is 0.398 e. The number of aryl methyl sites for hydroxylation is 3. The number of benzene rings is 1. The molecule has 2 heterocycles. The average molecular weight is 253 g/mol. The van der Waals surface area contributed by atoms with Crippen LogP contribution in [-0.2, 0) is 0 Å². The van der Waals surface area contributed by atoms with Crippen LogP contribution < -0.4 is 5.73 Å². The van der Waals surface area contributed by atoms with Gasteiger partial charge in [-0.3, -0.25) is 4.40 Å². The van der Waals surface area contributed by atoms with Gasteiger partial charge in [-0.15, -0.1) is 10.2 Å². The Hall–Kier alpha value is -2.43. The van der Waals surface area contributed by atoms with E-state index in [9.17, 15) is 0 Å². The van der Waals surface area contributed by atoms with Gasteiger partial charge in [-0.1, -0.05) is 12.1 Å². The zero-order valence-electron chi connectivity index (χ0n) is 11.2. The van der Waals surface area contributed by atoms with E-state index in [0.717, 1.165) is 28.3 Å². The Bertz CT molecular complexity index is 753. The van der Waals surface area contributed by atoms with Crippen LogP contribution in [0, 0.1) is 20.8 Å². The van der Waals surface area contributed by atoms with Crippen LogP contribution in [0.25, 0.3) is 17.2 Å². The van der Waals surface area contributed by atoms with E-state index in [0.29, 0.717) is 11.5 Å². The fraction of sp³-hybridized carbons (Fsp3) is 0.214. The first kappa shape index (κ1) is 11.6. The molecule has 19 heavy (non-hydrogen) atoms. The van der Waals surface area contributed by atoms with Gasteiger partial charge in [-0.05, 0) is 38.5 Å². The number of anilines is 1. The van der Waals surface area contributed by atoms with Crippen molar-refractivity contribution in [1.29, 1.82) is 0 Å². The summed E-state index contributed by atoms with van der Waals surface area (Å²) >= 11 is 0. The van der Waals surface area contributed by atoms with Gasteiger partial charge < -0.3 is 5.73 Å². The molecule has 0 saturated heterocycles. The van der Waals surface area contributed by atoms with E-state index in [2.05, 4.69) is 15.2 Å². The Morgan fingerprint density at radius 2 is 1.89 bits per heavy atom. The van der Waals surface area contributed by atoms with Gasteiger partial charge in [-0.25, -0.2) is 4.98 Å². The summed E-state index contributed by atoms with van der Waals surface area (Å²) in [5.74, 6) is 1.35. The molecule has 5 heteroatoms.